The lowest BCUT2D eigenvalue weighted by molar-refractivity contribution is 0.0956. The number of carbonyl (C=O) groups is 2. The van der Waals surface area contributed by atoms with E-state index in [1.165, 1.54) is 12.1 Å². The van der Waals surface area contributed by atoms with Crippen molar-refractivity contribution in [1.82, 2.24) is 10.7 Å². The first-order valence-electron chi connectivity index (χ1n) is 6.25. The van der Waals surface area contributed by atoms with Crippen molar-refractivity contribution in [1.29, 1.82) is 0 Å². The zero-order valence-electron chi connectivity index (χ0n) is 11.6. The second-order valence-electron chi connectivity index (χ2n) is 4.37. The quantitative estimate of drug-likeness (QED) is 0.676. The second-order valence-corrected chi connectivity index (χ2v) is 5.63. The van der Waals surface area contributed by atoms with Crippen LogP contribution in [0.2, 0.25) is 15.1 Å². The van der Waals surface area contributed by atoms with Crippen LogP contribution in [0.15, 0.2) is 30.3 Å². The Kier molecular flexibility index (Phi) is 5.82. The monoisotopic (exact) mass is 393 g/mol. The molecular weight excluding hydrogens is 387 g/mol. The standard InChI is InChI=1S/C14H8Cl3F2N3O2/c15-6-4-7(16)12(8(17)5-6)21-22-14(24)20-13(23)11-9(18)2-1-3-10(11)19/h1-5,21H,(H2,20,22,23,24). The summed E-state index contributed by atoms with van der Waals surface area (Å²) in [4.78, 5) is 23.4. The summed E-state index contributed by atoms with van der Waals surface area (Å²) in [5.41, 5.74) is 3.68. The zero-order valence-corrected chi connectivity index (χ0v) is 13.9. The van der Waals surface area contributed by atoms with Gasteiger partial charge in [0, 0.05) is 5.02 Å². The van der Waals surface area contributed by atoms with Crippen LogP contribution in [0.3, 0.4) is 0 Å². The third-order valence-corrected chi connectivity index (χ3v) is 3.54. The van der Waals surface area contributed by atoms with Crippen molar-refractivity contribution >= 4 is 52.4 Å². The molecule has 0 saturated carbocycles. The predicted octanol–water partition coefficient (Wildman–Crippen LogP) is 4.39. The predicted molar refractivity (Wildman–Crippen MR) is 87.5 cm³/mol. The van der Waals surface area contributed by atoms with Crippen LogP contribution in [0, 0.1) is 11.6 Å². The molecule has 0 bridgehead atoms. The number of amides is 3. The van der Waals surface area contributed by atoms with Gasteiger partial charge < -0.3 is 0 Å². The topological polar surface area (TPSA) is 70.2 Å². The minimum atomic E-state index is -1.25. The number of hydrogen-bond acceptors (Lipinski definition) is 3. The Morgan fingerprint density at radius 3 is 2.04 bits per heavy atom. The molecule has 0 aliphatic carbocycles. The lowest BCUT2D eigenvalue weighted by atomic mass is 10.2. The van der Waals surface area contributed by atoms with E-state index >= 15 is 0 Å². The number of rotatable bonds is 3. The molecule has 0 heterocycles. The normalized spacial score (nSPS) is 10.2. The minimum absolute atomic E-state index is 0.110. The molecule has 2 aromatic rings. The number of imide groups is 1. The number of carbonyl (C=O) groups excluding carboxylic acids is 2. The molecule has 0 aliphatic heterocycles. The number of anilines is 1. The Hall–Kier alpha value is -2.09. The van der Waals surface area contributed by atoms with Crippen molar-refractivity contribution in [3.63, 3.8) is 0 Å². The van der Waals surface area contributed by atoms with E-state index in [9.17, 15) is 18.4 Å². The Bertz CT molecular complexity index is 775. The molecular formula is C14H8Cl3F2N3O2. The van der Waals surface area contributed by atoms with E-state index in [0.29, 0.717) is 0 Å². The molecule has 0 fully saturated rings. The summed E-state index contributed by atoms with van der Waals surface area (Å²) < 4.78 is 26.9. The SMILES string of the molecule is O=C(NNc1c(Cl)cc(Cl)cc1Cl)NC(=O)c1c(F)cccc1F. The third kappa shape index (κ3) is 4.25. The van der Waals surface area contributed by atoms with Crippen molar-refractivity contribution in [2.24, 2.45) is 0 Å². The number of benzene rings is 2. The van der Waals surface area contributed by atoms with Crippen LogP contribution in [-0.2, 0) is 0 Å². The lowest BCUT2D eigenvalue weighted by Gasteiger charge is -2.12. The van der Waals surface area contributed by atoms with Crippen molar-refractivity contribution in [3.05, 3.63) is 62.6 Å². The van der Waals surface area contributed by atoms with Crippen LogP contribution in [0.4, 0.5) is 19.3 Å². The lowest BCUT2D eigenvalue weighted by Crippen LogP contribution is -2.42. The molecule has 10 heteroatoms. The van der Waals surface area contributed by atoms with E-state index in [2.05, 4.69) is 10.9 Å². The van der Waals surface area contributed by atoms with Crippen LogP contribution in [0.25, 0.3) is 0 Å². The van der Waals surface area contributed by atoms with Crippen molar-refractivity contribution < 1.29 is 18.4 Å². The Balaban J connectivity index is 2.03. The van der Waals surface area contributed by atoms with Gasteiger partial charge in [-0.15, -0.1) is 0 Å². The summed E-state index contributed by atoms with van der Waals surface area (Å²) in [5, 5.41) is 2.26. The van der Waals surface area contributed by atoms with Gasteiger partial charge in [0.15, 0.2) is 0 Å². The molecule has 0 aromatic heterocycles. The van der Waals surface area contributed by atoms with E-state index in [1.54, 1.807) is 5.32 Å². The fourth-order valence-corrected chi connectivity index (χ4v) is 2.60. The average Bonchev–Trinajstić information content (AvgIpc) is 2.45. The molecule has 0 atom stereocenters. The maximum atomic E-state index is 13.5. The van der Waals surface area contributed by atoms with Crippen LogP contribution in [-0.4, -0.2) is 11.9 Å². The van der Waals surface area contributed by atoms with Crippen molar-refractivity contribution in [3.8, 4) is 0 Å². The summed E-state index contributed by atoms with van der Waals surface area (Å²) in [6, 6.07) is 4.54. The molecule has 5 nitrogen and oxygen atoms in total. The molecule has 0 saturated heterocycles. The van der Waals surface area contributed by atoms with Gasteiger partial charge >= 0.3 is 6.03 Å². The highest BCUT2D eigenvalue weighted by Gasteiger charge is 2.19. The van der Waals surface area contributed by atoms with Gasteiger partial charge in [0.25, 0.3) is 5.91 Å². The molecule has 0 unspecified atom stereocenters. The van der Waals surface area contributed by atoms with Crippen molar-refractivity contribution in [2.45, 2.75) is 0 Å². The number of halogens is 5. The molecule has 3 N–H and O–H groups in total. The van der Waals surface area contributed by atoms with Gasteiger partial charge in [0.2, 0.25) is 0 Å². The van der Waals surface area contributed by atoms with Gasteiger partial charge in [-0.3, -0.25) is 21.0 Å². The van der Waals surface area contributed by atoms with Gasteiger partial charge in [-0.2, -0.15) is 0 Å². The van der Waals surface area contributed by atoms with Gasteiger partial charge in [-0.25, -0.2) is 13.6 Å². The van der Waals surface area contributed by atoms with Gasteiger partial charge in [-0.1, -0.05) is 40.9 Å². The van der Waals surface area contributed by atoms with Crippen LogP contribution >= 0.6 is 34.8 Å². The zero-order chi connectivity index (χ0) is 17.9. The maximum absolute atomic E-state index is 13.5. The van der Waals surface area contributed by atoms with E-state index in [0.717, 1.165) is 18.2 Å². The van der Waals surface area contributed by atoms with Crippen LogP contribution in [0.5, 0.6) is 0 Å². The molecule has 2 rings (SSSR count). The van der Waals surface area contributed by atoms with Crippen LogP contribution < -0.4 is 16.2 Å². The van der Waals surface area contributed by atoms with Crippen LogP contribution in [0.1, 0.15) is 10.4 Å². The minimum Gasteiger partial charge on any atom is -0.294 e. The highest BCUT2D eigenvalue weighted by molar-refractivity contribution is 6.41. The summed E-state index contributed by atoms with van der Waals surface area (Å²) in [6.45, 7) is 0. The number of urea groups is 1. The molecule has 0 radical (unpaired) electrons. The number of hydrogen-bond donors (Lipinski definition) is 3. The van der Waals surface area contributed by atoms with E-state index in [-0.39, 0.29) is 20.8 Å². The first-order valence-corrected chi connectivity index (χ1v) is 7.39. The van der Waals surface area contributed by atoms with E-state index < -0.39 is 29.1 Å². The fraction of sp³-hybridized carbons (Fsp3) is 0. The van der Waals surface area contributed by atoms with Gasteiger partial charge in [0.1, 0.15) is 17.2 Å². The molecule has 0 spiro atoms. The Morgan fingerprint density at radius 2 is 1.50 bits per heavy atom. The summed E-state index contributed by atoms with van der Waals surface area (Å²) in [5.74, 6) is -3.45. The number of nitrogens with one attached hydrogen (secondary N) is 3. The second kappa shape index (κ2) is 7.65. The molecule has 0 aliphatic rings. The van der Waals surface area contributed by atoms with Crippen molar-refractivity contribution in [2.75, 3.05) is 5.43 Å². The molecule has 2 aromatic carbocycles. The van der Waals surface area contributed by atoms with E-state index in [1.807, 2.05) is 0 Å². The average molecular weight is 395 g/mol. The highest BCUT2D eigenvalue weighted by atomic mass is 35.5. The fourth-order valence-electron chi connectivity index (χ4n) is 1.69. The summed E-state index contributed by atoms with van der Waals surface area (Å²) in [7, 11) is 0. The molecule has 3 amide bonds. The maximum Gasteiger partial charge on any atom is 0.340 e. The van der Waals surface area contributed by atoms with Gasteiger partial charge in [0.05, 0.1) is 15.7 Å². The molecule has 126 valence electrons. The molecule has 24 heavy (non-hydrogen) atoms. The first kappa shape index (κ1) is 18.3. The third-order valence-electron chi connectivity index (χ3n) is 2.72. The summed E-state index contributed by atoms with van der Waals surface area (Å²) in [6.07, 6.45) is 0. The summed E-state index contributed by atoms with van der Waals surface area (Å²) >= 11 is 17.5. The Labute approximate surface area is 149 Å². The number of hydrazine groups is 1. The smallest absolute Gasteiger partial charge is 0.294 e. The Morgan fingerprint density at radius 1 is 0.958 bits per heavy atom. The van der Waals surface area contributed by atoms with E-state index in [4.69, 9.17) is 34.8 Å². The van der Waals surface area contributed by atoms with Gasteiger partial charge in [-0.05, 0) is 24.3 Å². The highest BCUT2D eigenvalue weighted by Crippen LogP contribution is 2.32. The largest absolute Gasteiger partial charge is 0.340 e. The first-order chi connectivity index (χ1) is 11.3.